The Balaban J connectivity index is 1.57. The van der Waals surface area contributed by atoms with Crippen LogP contribution in [-0.4, -0.2) is 48.5 Å². The molecule has 0 spiro atoms. The monoisotopic (exact) mass is 376 g/mol. The molecular formula is C19H28N4O2S. The lowest BCUT2D eigenvalue weighted by Crippen LogP contribution is -2.43. The summed E-state index contributed by atoms with van der Waals surface area (Å²) in [5.74, 6) is 1.10. The van der Waals surface area contributed by atoms with Crippen LogP contribution in [0.25, 0.3) is 10.9 Å². The molecule has 142 valence electrons. The van der Waals surface area contributed by atoms with Crippen molar-refractivity contribution >= 4 is 26.6 Å². The summed E-state index contributed by atoms with van der Waals surface area (Å²) in [5, 5.41) is 8.12. The average Bonchev–Trinajstić information content (AvgIpc) is 2.55. The molecule has 1 unspecified atom stereocenters. The molecule has 1 heterocycles. The first kappa shape index (κ1) is 19.0. The minimum atomic E-state index is -2.94. The van der Waals surface area contributed by atoms with Gasteiger partial charge in [-0.1, -0.05) is 11.6 Å². The van der Waals surface area contributed by atoms with E-state index in [0.29, 0.717) is 12.1 Å². The molecule has 0 saturated heterocycles. The van der Waals surface area contributed by atoms with Gasteiger partial charge in [0.15, 0.2) is 0 Å². The number of anilines is 1. The van der Waals surface area contributed by atoms with E-state index in [2.05, 4.69) is 39.7 Å². The molecule has 1 aliphatic carbocycles. The molecule has 26 heavy (non-hydrogen) atoms. The van der Waals surface area contributed by atoms with Crippen molar-refractivity contribution in [1.29, 1.82) is 0 Å². The van der Waals surface area contributed by atoms with Gasteiger partial charge in [0.25, 0.3) is 0 Å². The second-order valence-corrected chi connectivity index (χ2v) is 9.78. The van der Waals surface area contributed by atoms with Crippen molar-refractivity contribution < 1.29 is 8.42 Å². The smallest absolute Gasteiger partial charge is 0.148 e. The molecule has 1 aliphatic rings. The van der Waals surface area contributed by atoms with Crippen LogP contribution in [0.1, 0.15) is 38.2 Å². The van der Waals surface area contributed by atoms with Crippen molar-refractivity contribution in [2.24, 2.45) is 0 Å². The highest BCUT2D eigenvalue weighted by Crippen LogP contribution is 2.26. The van der Waals surface area contributed by atoms with Gasteiger partial charge < -0.3 is 10.6 Å². The highest BCUT2D eigenvalue weighted by Gasteiger charge is 2.23. The third-order valence-corrected chi connectivity index (χ3v) is 6.04. The summed E-state index contributed by atoms with van der Waals surface area (Å²) in [7, 11) is -2.94. The van der Waals surface area contributed by atoms with Gasteiger partial charge in [-0.15, -0.1) is 0 Å². The molecule has 2 N–H and O–H groups in total. The summed E-state index contributed by atoms with van der Waals surface area (Å²) in [6.45, 7) is 4.02. The highest BCUT2D eigenvalue weighted by molar-refractivity contribution is 7.90. The van der Waals surface area contributed by atoms with E-state index in [1.54, 1.807) is 6.33 Å². The largest absolute Gasteiger partial charge is 0.367 e. The summed E-state index contributed by atoms with van der Waals surface area (Å²) in [6, 6.07) is 6.98. The first-order valence-electron chi connectivity index (χ1n) is 9.22. The number of hydrogen-bond acceptors (Lipinski definition) is 6. The molecule has 1 aromatic carbocycles. The standard InChI is InChI=1S/C19H28N4O2S/c1-13-4-9-18-17(10-13)19(21-12-20-18)23-16-7-5-15(6-8-16)22-14(2)11-26(3,24)25/h4,9-10,12,14-16,22H,5-8,11H2,1-3H3,(H,20,21,23)/t14?,15-,16-. The number of fused-ring (bicyclic) bond motifs is 1. The molecule has 0 amide bonds. The van der Waals surface area contributed by atoms with Crippen LogP contribution < -0.4 is 10.6 Å². The maximum atomic E-state index is 11.4. The van der Waals surface area contributed by atoms with Crippen LogP contribution in [-0.2, 0) is 9.84 Å². The van der Waals surface area contributed by atoms with Crippen molar-refractivity contribution in [2.45, 2.75) is 57.7 Å². The van der Waals surface area contributed by atoms with Crippen LogP contribution in [0.15, 0.2) is 24.5 Å². The normalized spacial score (nSPS) is 22.3. The first-order valence-corrected chi connectivity index (χ1v) is 11.3. The Morgan fingerprint density at radius 3 is 2.54 bits per heavy atom. The molecule has 1 saturated carbocycles. The van der Waals surface area contributed by atoms with Crippen LogP contribution in [0.2, 0.25) is 0 Å². The van der Waals surface area contributed by atoms with E-state index in [0.717, 1.165) is 42.4 Å². The predicted molar refractivity (Wildman–Crippen MR) is 106 cm³/mol. The Labute approximate surface area is 155 Å². The maximum Gasteiger partial charge on any atom is 0.148 e. The fourth-order valence-corrected chi connectivity index (χ4v) is 4.79. The number of nitrogens with one attached hydrogen (secondary N) is 2. The fraction of sp³-hybridized carbons (Fsp3) is 0.579. The number of nitrogens with zero attached hydrogens (tertiary/aromatic N) is 2. The number of sulfone groups is 1. The Morgan fingerprint density at radius 2 is 1.85 bits per heavy atom. The van der Waals surface area contributed by atoms with E-state index < -0.39 is 9.84 Å². The van der Waals surface area contributed by atoms with Crippen molar-refractivity contribution in [2.75, 3.05) is 17.3 Å². The second-order valence-electron chi connectivity index (χ2n) is 7.60. The van der Waals surface area contributed by atoms with Crippen LogP contribution in [0.5, 0.6) is 0 Å². The zero-order chi connectivity index (χ0) is 18.7. The Kier molecular flexibility index (Phi) is 5.77. The molecule has 1 atom stereocenters. The van der Waals surface area contributed by atoms with Crippen molar-refractivity contribution in [3.05, 3.63) is 30.1 Å². The molecule has 0 bridgehead atoms. The summed E-state index contributed by atoms with van der Waals surface area (Å²) in [4.78, 5) is 8.79. The van der Waals surface area contributed by atoms with Gasteiger partial charge >= 0.3 is 0 Å². The van der Waals surface area contributed by atoms with Gasteiger partial charge in [-0.2, -0.15) is 0 Å². The highest BCUT2D eigenvalue weighted by atomic mass is 32.2. The lowest BCUT2D eigenvalue weighted by molar-refractivity contribution is 0.336. The Morgan fingerprint density at radius 1 is 1.15 bits per heavy atom. The van der Waals surface area contributed by atoms with Crippen LogP contribution in [0.3, 0.4) is 0 Å². The van der Waals surface area contributed by atoms with Crippen LogP contribution in [0.4, 0.5) is 5.82 Å². The van der Waals surface area contributed by atoms with Crippen LogP contribution in [0, 0.1) is 6.92 Å². The predicted octanol–water partition coefficient (Wildman–Crippen LogP) is 2.68. The van der Waals surface area contributed by atoms with Gasteiger partial charge in [0.05, 0.1) is 11.3 Å². The zero-order valence-corrected chi connectivity index (χ0v) is 16.5. The van der Waals surface area contributed by atoms with Gasteiger partial charge in [-0.05, 0) is 51.7 Å². The van der Waals surface area contributed by atoms with E-state index in [1.807, 2.05) is 13.0 Å². The number of benzene rings is 1. The molecule has 2 aromatic rings. The van der Waals surface area contributed by atoms with E-state index in [1.165, 1.54) is 11.8 Å². The quantitative estimate of drug-likeness (QED) is 0.806. The topological polar surface area (TPSA) is 84.0 Å². The van der Waals surface area contributed by atoms with E-state index >= 15 is 0 Å². The summed E-state index contributed by atoms with van der Waals surface area (Å²) >= 11 is 0. The SMILES string of the molecule is Cc1ccc2ncnc(N[C@H]3CC[C@H](NC(C)CS(C)(=O)=O)CC3)c2c1. The lowest BCUT2D eigenvalue weighted by Gasteiger charge is -2.32. The van der Waals surface area contributed by atoms with Crippen molar-refractivity contribution in [1.82, 2.24) is 15.3 Å². The molecule has 3 rings (SSSR count). The lowest BCUT2D eigenvalue weighted by atomic mass is 9.90. The van der Waals surface area contributed by atoms with Gasteiger partial charge in [-0.25, -0.2) is 18.4 Å². The third-order valence-electron chi connectivity index (χ3n) is 4.93. The number of rotatable bonds is 6. The first-order chi connectivity index (χ1) is 12.3. The number of hydrogen-bond donors (Lipinski definition) is 2. The summed E-state index contributed by atoms with van der Waals surface area (Å²) in [5.41, 5.74) is 2.15. The van der Waals surface area contributed by atoms with E-state index in [9.17, 15) is 8.42 Å². The molecule has 6 nitrogen and oxygen atoms in total. The van der Waals surface area contributed by atoms with Gasteiger partial charge in [-0.3, -0.25) is 0 Å². The minimum absolute atomic E-state index is 0.00621. The molecule has 1 fully saturated rings. The average molecular weight is 377 g/mol. The second kappa shape index (κ2) is 7.88. The van der Waals surface area contributed by atoms with Gasteiger partial charge in [0, 0.05) is 29.8 Å². The molecule has 0 aliphatic heterocycles. The van der Waals surface area contributed by atoms with E-state index in [-0.39, 0.29) is 11.8 Å². The molecule has 1 aromatic heterocycles. The van der Waals surface area contributed by atoms with Gasteiger partial charge in [0.1, 0.15) is 22.0 Å². The van der Waals surface area contributed by atoms with Crippen molar-refractivity contribution in [3.8, 4) is 0 Å². The minimum Gasteiger partial charge on any atom is -0.367 e. The van der Waals surface area contributed by atoms with Crippen LogP contribution >= 0.6 is 0 Å². The maximum absolute atomic E-state index is 11.4. The number of aryl methyl sites for hydroxylation is 1. The summed E-state index contributed by atoms with van der Waals surface area (Å²) < 4.78 is 22.8. The van der Waals surface area contributed by atoms with E-state index in [4.69, 9.17) is 0 Å². The number of aromatic nitrogens is 2. The Bertz CT molecular complexity index is 861. The molecular weight excluding hydrogens is 348 g/mol. The van der Waals surface area contributed by atoms with Crippen molar-refractivity contribution in [3.63, 3.8) is 0 Å². The molecule has 0 radical (unpaired) electrons. The molecule has 7 heteroatoms. The van der Waals surface area contributed by atoms with Gasteiger partial charge in [0.2, 0.25) is 0 Å². The summed E-state index contributed by atoms with van der Waals surface area (Å²) in [6.07, 6.45) is 7.06. The third kappa shape index (κ3) is 5.14. The zero-order valence-electron chi connectivity index (χ0n) is 15.7. The fourth-order valence-electron chi connectivity index (χ4n) is 3.79. The Hall–Kier alpha value is -1.73.